The lowest BCUT2D eigenvalue weighted by atomic mass is 9.85. The molecular formula is C15H16FNOS. The van der Waals surface area contributed by atoms with Crippen molar-refractivity contribution in [1.29, 1.82) is 5.26 Å². The quantitative estimate of drug-likeness (QED) is 0.903. The van der Waals surface area contributed by atoms with Crippen LogP contribution in [-0.2, 0) is 12.0 Å². The van der Waals surface area contributed by atoms with Crippen LogP contribution in [-0.4, -0.2) is 15.6 Å². The maximum absolute atomic E-state index is 13.6. The van der Waals surface area contributed by atoms with Gasteiger partial charge in [-0.25, -0.2) is 4.39 Å². The topological polar surface area (TPSA) is 44.0 Å². The van der Waals surface area contributed by atoms with E-state index in [1.807, 2.05) is 17.8 Å². The molecule has 2 heterocycles. The Hall–Kier alpha value is -1.05. The molecule has 0 aromatic heterocycles. The van der Waals surface area contributed by atoms with Crippen molar-refractivity contribution < 1.29 is 9.50 Å². The van der Waals surface area contributed by atoms with Gasteiger partial charge in [0.05, 0.1) is 18.1 Å². The Bertz CT molecular complexity index is 527. The summed E-state index contributed by atoms with van der Waals surface area (Å²) in [5.41, 5.74) is 0.324. The Balaban J connectivity index is 1.93. The van der Waals surface area contributed by atoms with Crippen LogP contribution in [0, 0.1) is 17.1 Å². The van der Waals surface area contributed by atoms with Crippen LogP contribution in [0.3, 0.4) is 0 Å². The van der Waals surface area contributed by atoms with E-state index in [4.69, 9.17) is 5.26 Å². The van der Waals surface area contributed by atoms with E-state index in [1.54, 1.807) is 12.1 Å². The van der Waals surface area contributed by atoms with Gasteiger partial charge < -0.3 is 5.11 Å². The van der Waals surface area contributed by atoms with Gasteiger partial charge in [-0.05, 0) is 43.4 Å². The number of aliphatic hydroxyl groups is 1. The molecule has 2 aliphatic heterocycles. The predicted octanol–water partition coefficient (Wildman–Crippen LogP) is 3.14. The Morgan fingerprint density at radius 1 is 1.37 bits per heavy atom. The molecule has 0 saturated carbocycles. The highest BCUT2D eigenvalue weighted by atomic mass is 32.2. The Labute approximate surface area is 116 Å². The average Bonchev–Trinajstić information content (AvgIpc) is 2.72. The molecule has 2 saturated heterocycles. The van der Waals surface area contributed by atoms with Gasteiger partial charge in [0.25, 0.3) is 0 Å². The molecule has 100 valence electrons. The summed E-state index contributed by atoms with van der Waals surface area (Å²) in [4.78, 5) is 0. The first-order valence-corrected chi connectivity index (χ1v) is 7.59. The van der Waals surface area contributed by atoms with Crippen molar-refractivity contribution in [3.8, 4) is 6.07 Å². The molecular weight excluding hydrogens is 261 g/mol. The minimum Gasteiger partial charge on any atom is -0.385 e. The Morgan fingerprint density at radius 3 is 2.68 bits per heavy atom. The maximum atomic E-state index is 13.6. The third-order valence-electron chi connectivity index (χ3n) is 4.18. The summed E-state index contributed by atoms with van der Waals surface area (Å²) in [6, 6.07) is 6.70. The van der Waals surface area contributed by atoms with E-state index in [0.717, 1.165) is 18.4 Å². The Kier molecular flexibility index (Phi) is 3.28. The van der Waals surface area contributed by atoms with Crippen LogP contribution in [0.2, 0.25) is 0 Å². The van der Waals surface area contributed by atoms with Gasteiger partial charge in [0.15, 0.2) is 0 Å². The molecule has 4 heteroatoms. The number of thioether (sulfide) groups is 1. The highest BCUT2D eigenvalue weighted by Crippen LogP contribution is 2.51. The lowest BCUT2D eigenvalue weighted by Crippen LogP contribution is -2.34. The number of rotatable bonds is 2. The number of nitrogens with zero attached hydrogens (tertiary/aromatic N) is 1. The summed E-state index contributed by atoms with van der Waals surface area (Å²) in [7, 11) is 0. The first-order valence-electron chi connectivity index (χ1n) is 6.64. The molecule has 2 fully saturated rings. The van der Waals surface area contributed by atoms with Crippen LogP contribution in [0.15, 0.2) is 18.2 Å². The average molecular weight is 277 g/mol. The van der Waals surface area contributed by atoms with Gasteiger partial charge in [0, 0.05) is 16.1 Å². The van der Waals surface area contributed by atoms with Gasteiger partial charge >= 0.3 is 0 Å². The molecule has 2 bridgehead atoms. The summed E-state index contributed by atoms with van der Waals surface area (Å²) in [6.45, 7) is 0. The molecule has 2 atom stereocenters. The zero-order valence-corrected chi connectivity index (χ0v) is 11.4. The molecule has 2 unspecified atom stereocenters. The molecule has 0 spiro atoms. The number of hydrogen-bond donors (Lipinski definition) is 1. The van der Waals surface area contributed by atoms with Crippen LogP contribution in [0.5, 0.6) is 0 Å². The fraction of sp³-hybridized carbons (Fsp3) is 0.533. The van der Waals surface area contributed by atoms with E-state index in [2.05, 4.69) is 0 Å². The van der Waals surface area contributed by atoms with Crippen molar-refractivity contribution in [1.82, 2.24) is 0 Å². The second-order valence-electron chi connectivity index (χ2n) is 5.54. The fourth-order valence-corrected chi connectivity index (χ4v) is 5.07. The van der Waals surface area contributed by atoms with E-state index in [1.165, 1.54) is 18.9 Å². The third kappa shape index (κ3) is 2.37. The monoisotopic (exact) mass is 277 g/mol. The highest BCUT2D eigenvalue weighted by molar-refractivity contribution is 8.00. The summed E-state index contributed by atoms with van der Waals surface area (Å²) in [5.74, 6) is -0.359. The minimum absolute atomic E-state index is 0.0529. The predicted molar refractivity (Wildman–Crippen MR) is 73.2 cm³/mol. The second kappa shape index (κ2) is 4.81. The SMILES string of the molecule is N#CCc1cc(C2(O)CC3CCC(C2)S3)ccc1F. The molecule has 2 aliphatic rings. The van der Waals surface area contributed by atoms with Crippen LogP contribution in [0.4, 0.5) is 4.39 Å². The highest BCUT2D eigenvalue weighted by Gasteiger charge is 2.44. The first-order chi connectivity index (χ1) is 9.10. The van der Waals surface area contributed by atoms with E-state index in [-0.39, 0.29) is 12.2 Å². The summed E-state index contributed by atoms with van der Waals surface area (Å²) in [5, 5.41) is 20.7. The standard InChI is InChI=1S/C15H16FNOS/c16-14-4-1-11(7-10(14)5-6-17)15(18)8-12-2-3-13(9-15)19-12/h1,4,7,12-13,18H,2-3,5,8-9H2. The molecule has 2 nitrogen and oxygen atoms in total. The normalized spacial score (nSPS) is 33.1. The van der Waals surface area contributed by atoms with Crippen LogP contribution in [0.1, 0.15) is 36.8 Å². The molecule has 0 amide bonds. The number of fused-ring (bicyclic) bond motifs is 2. The van der Waals surface area contributed by atoms with E-state index in [9.17, 15) is 9.50 Å². The lowest BCUT2D eigenvalue weighted by molar-refractivity contribution is 0.0195. The Morgan fingerprint density at radius 2 is 2.05 bits per heavy atom. The largest absolute Gasteiger partial charge is 0.385 e. The number of nitriles is 1. The van der Waals surface area contributed by atoms with E-state index in [0.29, 0.717) is 16.1 Å². The van der Waals surface area contributed by atoms with Crippen molar-refractivity contribution in [3.63, 3.8) is 0 Å². The van der Waals surface area contributed by atoms with E-state index >= 15 is 0 Å². The van der Waals surface area contributed by atoms with Crippen molar-refractivity contribution in [3.05, 3.63) is 35.1 Å². The smallest absolute Gasteiger partial charge is 0.127 e. The van der Waals surface area contributed by atoms with Crippen molar-refractivity contribution in [2.24, 2.45) is 0 Å². The molecule has 1 aromatic carbocycles. The maximum Gasteiger partial charge on any atom is 0.127 e. The summed E-state index contributed by atoms with van der Waals surface area (Å²) in [6.07, 6.45) is 3.88. The van der Waals surface area contributed by atoms with Gasteiger partial charge in [-0.3, -0.25) is 0 Å². The van der Waals surface area contributed by atoms with Gasteiger partial charge in [0.2, 0.25) is 0 Å². The van der Waals surface area contributed by atoms with Gasteiger partial charge in [0.1, 0.15) is 5.82 Å². The molecule has 19 heavy (non-hydrogen) atoms. The zero-order valence-electron chi connectivity index (χ0n) is 10.6. The van der Waals surface area contributed by atoms with Crippen LogP contribution in [0.25, 0.3) is 0 Å². The molecule has 0 radical (unpaired) electrons. The summed E-state index contributed by atoms with van der Waals surface area (Å²) >= 11 is 1.98. The van der Waals surface area contributed by atoms with Crippen molar-refractivity contribution in [2.75, 3.05) is 0 Å². The molecule has 1 aromatic rings. The number of halogens is 1. The van der Waals surface area contributed by atoms with Crippen molar-refractivity contribution >= 4 is 11.8 Å². The van der Waals surface area contributed by atoms with Crippen LogP contribution >= 0.6 is 11.8 Å². The van der Waals surface area contributed by atoms with Gasteiger partial charge in [-0.2, -0.15) is 17.0 Å². The molecule has 3 rings (SSSR count). The second-order valence-corrected chi connectivity index (χ2v) is 7.14. The third-order valence-corrected chi connectivity index (χ3v) is 5.75. The molecule has 0 aliphatic carbocycles. The number of hydrogen-bond acceptors (Lipinski definition) is 3. The van der Waals surface area contributed by atoms with Gasteiger partial charge in [-0.15, -0.1) is 0 Å². The number of benzene rings is 1. The molecule has 1 N–H and O–H groups in total. The minimum atomic E-state index is -0.838. The van der Waals surface area contributed by atoms with E-state index < -0.39 is 5.60 Å². The van der Waals surface area contributed by atoms with Gasteiger partial charge in [-0.1, -0.05) is 6.07 Å². The lowest BCUT2D eigenvalue weighted by Gasteiger charge is -2.36. The van der Waals surface area contributed by atoms with Crippen LogP contribution < -0.4 is 0 Å². The van der Waals surface area contributed by atoms with Crippen molar-refractivity contribution in [2.45, 2.75) is 48.2 Å². The summed E-state index contributed by atoms with van der Waals surface area (Å²) < 4.78 is 13.6. The fourth-order valence-electron chi connectivity index (χ4n) is 3.24. The zero-order chi connectivity index (χ0) is 13.5. The first kappa shape index (κ1) is 13.0.